The van der Waals surface area contributed by atoms with E-state index in [4.69, 9.17) is 5.11 Å². The molecule has 1 fully saturated rings. The molecule has 2 atom stereocenters. The molecule has 0 aromatic heterocycles. The van der Waals surface area contributed by atoms with Crippen molar-refractivity contribution in [2.24, 2.45) is 5.92 Å². The van der Waals surface area contributed by atoms with E-state index in [0.717, 1.165) is 0 Å². The maximum atomic E-state index is 13.2. The predicted octanol–water partition coefficient (Wildman–Crippen LogP) is 2.39. The van der Waals surface area contributed by atoms with Gasteiger partial charge in [0.05, 0.1) is 12.0 Å². The molecule has 5 nitrogen and oxygen atoms in total. The smallest absolute Gasteiger partial charge is 0.317 e. The molecule has 1 aromatic carbocycles. The van der Waals surface area contributed by atoms with E-state index in [0.29, 0.717) is 24.9 Å². The van der Waals surface area contributed by atoms with Crippen LogP contribution >= 0.6 is 0 Å². The van der Waals surface area contributed by atoms with Crippen molar-refractivity contribution in [3.63, 3.8) is 0 Å². The van der Waals surface area contributed by atoms with Crippen molar-refractivity contribution in [1.82, 2.24) is 10.2 Å². The van der Waals surface area contributed by atoms with Gasteiger partial charge >= 0.3 is 12.0 Å². The second-order valence-electron chi connectivity index (χ2n) is 5.35. The number of aliphatic carboxylic acids is 1. The van der Waals surface area contributed by atoms with Gasteiger partial charge in [0, 0.05) is 13.1 Å². The Morgan fingerprint density at radius 1 is 1.48 bits per heavy atom. The number of carbonyl (C=O) groups excluding carboxylic acids is 1. The highest BCUT2D eigenvalue weighted by Gasteiger charge is 2.28. The molecule has 21 heavy (non-hydrogen) atoms. The van der Waals surface area contributed by atoms with Crippen LogP contribution in [0.1, 0.15) is 31.4 Å². The van der Waals surface area contributed by atoms with Gasteiger partial charge in [-0.3, -0.25) is 4.79 Å². The lowest BCUT2D eigenvalue weighted by Crippen LogP contribution is -2.47. The highest BCUT2D eigenvalue weighted by Crippen LogP contribution is 2.18. The molecule has 1 unspecified atom stereocenters. The summed E-state index contributed by atoms with van der Waals surface area (Å²) in [6.45, 7) is 2.54. The lowest BCUT2D eigenvalue weighted by atomic mass is 9.98. The molecule has 2 N–H and O–H groups in total. The van der Waals surface area contributed by atoms with E-state index >= 15 is 0 Å². The normalized spacial score (nSPS) is 19.9. The minimum absolute atomic E-state index is 0.219. The number of hydrogen-bond acceptors (Lipinski definition) is 2. The number of benzene rings is 1. The first-order valence-electron chi connectivity index (χ1n) is 7.01. The Morgan fingerprint density at radius 2 is 2.24 bits per heavy atom. The molecular weight excluding hydrogens is 275 g/mol. The second kappa shape index (κ2) is 6.56. The molecule has 0 radical (unpaired) electrons. The number of halogens is 1. The summed E-state index contributed by atoms with van der Waals surface area (Å²) >= 11 is 0. The number of carbonyl (C=O) groups is 2. The predicted molar refractivity (Wildman–Crippen MR) is 75.3 cm³/mol. The van der Waals surface area contributed by atoms with E-state index in [2.05, 4.69) is 5.32 Å². The Labute approximate surface area is 122 Å². The molecule has 0 spiro atoms. The molecule has 2 rings (SSSR count). The van der Waals surface area contributed by atoms with Gasteiger partial charge < -0.3 is 15.3 Å². The molecule has 1 aromatic rings. The van der Waals surface area contributed by atoms with Crippen LogP contribution in [-0.4, -0.2) is 35.1 Å². The molecule has 1 saturated heterocycles. The SMILES string of the molecule is CC(NC(=O)N1CCC[C@@H](C(=O)O)C1)c1cccc(F)c1. The third-order valence-corrected chi connectivity index (χ3v) is 3.75. The minimum atomic E-state index is -0.870. The van der Waals surface area contributed by atoms with E-state index in [1.807, 2.05) is 0 Å². The minimum Gasteiger partial charge on any atom is -0.481 e. The molecule has 0 aliphatic carbocycles. The van der Waals surface area contributed by atoms with Crippen LogP contribution in [0.4, 0.5) is 9.18 Å². The van der Waals surface area contributed by atoms with E-state index in [1.54, 1.807) is 19.1 Å². The first-order chi connectivity index (χ1) is 9.97. The number of likely N-dealkylation sites (tertiary alicyclic amines) is 1. The van der Waals surface area contributed by atoms with E-state index in [9.17, 15) is 14.0 Å². The zero-order valence-corrected chi connectivity index (χ0v) is 11.9. The van der Waals surface area contributed by atoms with Crippen LogP contribution in [0.25, 0.3) is 0 Å². The molecule has 1 aliphatic heterocycles. The monoisotopic (exact) mass is 294 g/mol. The molecule has 0 saturated carbocycles. The third kappa shape index (κ3) is 3.93. The first-order valence-corrected chi connectivity index (χ1v) is 7.01. The fraction of sp³-hybridized carbons (Fsp3) is 0.467. The van der Waals surface area contributed by atoms with Crippen LogP contribution in [0.15, 0.2) is 24.3 Å². The standard InChI is InChI=1S/C15H19FN2O3/c1-10(11-4-2-6-13(16)8-11)17-15(21)18-7-3-5-12(9-18)14(19)20/h2,4,6,8,10,12H,3,5,7,9H2,1H3,(H,17,21)(H,19,20)/t10?,12-/m1/s1. The Bertz CT molecular complexity index is 535. The molecule has 114 valence electrons. The average Bonchev–Trinajstić information content (AvgIpc) is 2.47. The number of rotatable bonds is 3. The van der Waals surface area contributed by atoms with Crippen molar-refractivity contribution in [1.29, 1.82) is 0 Å². The number of carboxylic acids is 1. The second-order valence-corrected chi connectivity index (χ2v) is 5.35. The summed E-state index contributed by atoms with van der Waals surface area (Å²) in [5.74, 6) is -1.72. The number of nitrogens with zero attached hydrogens (tertiary/aromatic N) is 1. The van der Waals surface area contributed by atoms with Gasteiger partial charge in [-0.25, -0.2) is 9.18 Å². The Kier molecular flexibility index (Phi) is 4.77. The Morgan fingerprint density at radius 3 is 2.90 bits per heavy atom. The van der Waals surface area contributed by atoms with Gasteiger partial charge in [0.2, 0.25) is 0 Å². The molecule has 1 heterocycles. The summed E-state index contributed by atoms with van der Waals surface area (Å²) in [5.41, 5.74) is 0.676. The van der Waals surface area contributed by atoms with Crippen molar-refractivity contribution in [3.05, 3.63) is 35.6 Å². The summed E-state index contributed by atoms with van der Waals surface area (Å²) in [4.78, 5) is 24.7. The van der Waals surface area contributed by atoms with E-state index < -0.39 is 11.9 Å². The summed E-state index contributed by atoms with van der Waals surface area (Å²) in [6.07, 6.45) is 1.28. The highest BCUT2D eigenvalue weighted by atomic mass is 19.1. The molecular formula is C15H19FN2O3. The largest absolute Gasteiger partial charge is 0.481 e. The van der Waals surface area contributed by atoms with Gasteiger partial charge in [0.15, 0.2) is 0 Å². The van der Waals surface area contributed by atoms with Crippen molar-refractivity contribution in [3.8, 4) is 0 Å². The van der Waals surface area contributed by atoms with Gasteiger partial charge in [0.25, 0.3) is 0 Å². The third-order valence-electron chi connectivity index (χ3n) is 3.75. The van der Waals surface area contributed by atoms with Crippen molar-refractivity contribution >= 4 is 12.0 Å². The van der Waals surface area contributed by atoms with E-state index in [1.165, 1.54) is 17.0 Å². The van der Waals surface area contributed by atoms with Crippen LogP contribution in [0.2, 0.25) is 0 Å². The number of carboxylic acid groups (broad SMARTS) is 1. The topological polar surface area (TPSA) is 69.6 Å². The van der Waals surface area contributed by atoms with Crippen LogP contribution < -0.4 is 5.32 Å². The molecule has 1 aliphatic rings. The van der Waals surface area contributed by atoms with Crippen molar-refractivity contribution < 1.29 is 19.1 Å². The summed E-state index contributed by atoms with van der Waals surface area (Å²) in [6, 6.07) is 5.41. The van der Waals surface area contributed by atoms with Gasteiger partial charge in [-0.1, -0.05) is 12.1 Å². The van der Waals surface area contributed by atoms with Crippen LogP contribution in [-0.2, 0) is 4.79 Å². The lowest BCUT2D eigenvalue weighted by molar-refractivity contribution is -0.143. The number of hydrogen-bond donors (Lipinski definition) is 2. The van der Waals surface area contributed by atoms with Crippen LogP contribution in [0.3, 0.4) is 0 Å². The fourth-order valence-corrected chi connectivity index (χ4v) is 2.50. The number of piperidine rings is 1. The zero-order chi connectivity index (χ0) is 15.4. The summed E-state index contributed by atoms with van der Waals surface area (Å²) in [5, 5.41) is 11.8. The highest BCUT2D eigenvalue weighted by molar-refractivity contribution is 5.76. The van der Waals surface area contributed by atoms with Crippen molar-refractivity contribution in [2.45, 2.75) is 25.8 Å². The number of amides is 2. The summed E-state index contributed by atoms with van der Waals surface area (Å²) < 4.78 is 13.2. The summed E-state index contributed by atoms with van der Waals surface area (Å²) in [7, 11) is 0. The quantitative estimate of drug-likeness (QED) is 0.899. The van der Waals surface area contributed by atoms with Crippen LogP contribution in [0, 0.1) is 11.7 Å². The van der Waals surface area contributed by atoms with Crippen molar-refractivity contribution in [2.75, 3.05) is 13.1 Å². The molecule has 6 heteroatoms. The van der Waals surface area contributed by atoms with Gasteiger partial charge in [0.1, 0.15) is 5.82 Å². The Balaban J connectivity index is 1.96. The van der Waals surface area contributed by atoms with Gasteiger partial charge in [-0.05, 0) is 37.5 Å². The average molecular weight is 294 g/mol. The maximum Gasteiger partial charge on any atom is 0.317 e. The van der Waals surface area contributed by atoms with Gasteiger partial charge in [-0.15, -0.1) is 0 Å². The molecule has 0 bridgehead atoms. The first kappa shape index (κ1) is 15.3. The number of urea groups is 1. The number of nitrogens with one attached hydrogen (secondary N) is 1. The maximum absolute atomic E-state index is 13.2. The Hall–Kier alpha value is -2.11. The zero-order valence-electron chi connectivity index (χ0n) is 11.9. The van der Waals surface area contributed by atoms with Gasteiger partial charge in [-0.2, -0.15) is 0 Å². The fourth-order valence-electron chi connectivity index (χ4n) is 2.50. The van der Waals surface area contributed by atoms with E-state index in [-0.39, 0.29) is 24.4 Å². The molecule has 2 amide bonds. The lowest BCUT2D eigenvalue weighted by Gasteiger charge is -2.31. The van der Waals surface area contributed by atoms with Crippen LogP contribution in [0.5, 0.6) is 0 Å².